The summed E-state index contributed by atoms with van der Waals surface area (Å²) in [5, 5.41) is 5.44. The predicted octanol–water partition coefficient (Wildman–Crippen LogP) is 2.44. The Bertz CT molecular complexity index is 770. The van der Waals surface area contributed by atoms with Crippen LogP contribution in [0.4, 0.5) is 4.79 Å². The Morgan fingerprint density at radius 3 is 2.86 bits per heavy atom. The highest BCUT2D eigenvalue weighted by atomic mass is 16.6. The van der Waals surface area contributed by atoms with E-state index in [-0.39, 0.29) is 12.7 Å². The highest BCUT2D eigenvalue weighted by molar-refractivity contribution is 5.95. The molecule has 152 valence electrons. The summed E-state index contributed by atoms with van der Waals surface area (Å²) < 4.78 is 22.2. The number of rotatable bonds is 7. The van der Waals surface area contributed by atoms with Crippen LogP contribution >= 0.6 is 0 Å². The maximum Gasteiger partial charge on any atom is 0.338 e. The molecule has 0 spiro atoms. The minimum Gasteiger partial charge on any atom is -0.493 e. The van der Waals surface area contributed by atoms with Crippen molar-refractivity contribution in [1.29, 1.82) is 0 Å². The Balaban J connectivity index is 1.92. The molecule has 0 aromatic heterocycles. The van der Waals surface area contributed by atoms with Gasteiger partial charge < -0.3 is 29.6 Å². The number of ether oxygens (including phenoxy) is 4. The molecule has 1 fully saturated rings. The monoisotopic (exact) mass is 390 g/mol. The summed E-state index contributed by atoms with van der Waals surface area (Å²) in [6.45, 7) is 4.82. The first-order chi connectivity index (χ1) is 13.5. The van der Waals surface area contributed by atoms with Crippen LogP contribution in [0.1, 0.15) is 38.3 Å². The van der Waals surface area contributed by atoms with E-state index in [2.05, 4.69) is 10.6 Å². The van der Waals surface area contributed by atoms with Crippen molar-refractivity contribution in [2.45, 2.75) is 38.8 Å². The van der Waals surface area contributed by atoms with Gasteiger partial charge in [0.15, 0.2) is 11.5 Å². The number of benzene rings is 1. The molecule has 8 nitrogen and oxygen atoms in total. The summed E-state index contributed by atoms with van der Waals surface area (Å²) in [6.07, 6.45) is 1.75. The number of hydrogen-bond donors (Lipinski definition) is 2. The van der Waals surface area contributed by atoms with E-state index in [9.17, 15) is 9.59 Å². The zero-order valence-corrected chi connectivity index (χ0v) is 16.4. The molecule has 2 heterocycles. The van der Waals surface area contributed by atoms with Crippen molar-refractivity contribution in [3.8, 4) is 11.5 Å². The standard InChI is InChI=1S/C20H26N2O6/c1-4-26-18-14(8-5-9-15(18)25-3)17-16(12(2)21-20(24)22-17)19(23)28-11-13-7-6-10-27-13/h5,8-9,13,17H,4,6-7,10-11H2,1-3H3,(H2,21,22,24)/t13-,17-/m1/s1. The van der Waals surface area contributed by atoms with Crippen molar-refractivity contribution in [1.82, 2.24) is 10.6 Å². The summed E-state index contributed by atoms with van der Waals surface area (Å²) in [4.78, 5) is 25.0. The highest BCUT2D eigenvalue weighted by Crippen LogP contribution is 2.39. The summed E-state index contributed by atoms with van der Waals surface area (Å²) in [5.74, 6) is 0.504. The lowest BCUT2D eigenvalue weighted by Gasteiger charge is -2.29. The van der Waals surface area contributed by atoms with Gasteiger partial charge in [-0.3, -0.25) is 0 Å². The van der Waals surface area contributed by atoms with Gasteiger partial charge in [0.05, 0.1) is 31.4 Å². The first-order valence-corrected chi connectivity index (χ1v) is 9.41. The van der Waals surface area contributed by atoms with E-state index in [1.165, 1.54) is 0 Å². The maximum atomic E-state index is 12.9. The minimum atomic E-state index is -0.720. The van der Waals surface area contributed by atoms with E-state index in [1.54, 1.807) is 32.2 Å². The van der Waals surface area contributed by atoms with Gasteiger partial charge in [0.1, 0.15) is 6.61 Å². The normalized spacial score (nSPS) is 21.8. The van der Waals surface area contributed by atoms with E-state index in [0.717, 1.165) is 12.8 Å². The topological polar surface area (TPSA) is 95.1 Å². The molecule has 2 aliphatic heterocycles. The fraction of sp³-hybridized carbons (Fsp3) is 0.500. The second-order valence-corrected chi connectivity index (χ2v) is 6.62. The maximum absolute atomic E-state index is 12.9. The van der Waals surface area contributed by atoms with Crippen LogP contribution in [0.2, 0.25) is 0 Å². The third-order valence-corrected chi connectivity index (χ3v) is 4.74. The summed E-state index contributed by atoms with van der Waals surface area (Å²) in [7, 11) is 1.54. The molecule has 0 aliphatic carbocycles. The highest BCUT2D eigenvalue weighted by Gasteiger charge is 2.35. The van der Waals surface area contributed by atoms with Crippen LogP contribution in [0.3, 0.4) is 0 Å². The van der Waals surface area contributed by atoms with Crippen molar-refractivity contribution in [2.24, 2.45) is 0 Å². The fourth-order valence-electron chi connectivity index (χ4n) is 3.44. The van der Waals surface area contributed by atoms with Crippen molar-refractivity contribution >= 4 is 12.0 Å². The third kappa shape index (κ3) is 4.22. The average Bonchev–Trinajstić information content (AvgIpc) is 3.19. The molecule has 0 radical (unpaired) electrons. The smallest absolute Gasteiger partial charge is 0.338 e. The van der Waals surface area contributed by atoms with Crippen molar-refractivity contribution in [2.75, 3.05) is 26.9 Å². The molecule has 2 N–H and O–H groups in total. The number of carbonyl (C=O) groups excluding carboxylic acids is 2. The van der Waals surface area contributed by atoms with Crippen LogP contribution in [0.5, 0.6) is 11.5 Å². The first kappa shape index (κ1) is 20.0. The molecular weight excluding hydrogens is 364 g/mol. The van der Waals surface area contributed by atoms with Gasteiger partial charge in [0.2, 0.25) is 0 Å². The van der Waals surface area contributed by atoms with E-state index in [1.807, 2.05) is 6.92 Å². The Labute approximate surface area is 164 Å². The SMILES string of the molecule is CCOc1c(OC)cccc1[C@H]1NC(=O)NC(C)=C1C(=O)OC[C@H]1CCCO1. The summed E-state index contributed by atoms with van der Waals surface area (Å²) in [6, 6.07) is 4.23. The van der Waals surface area contributed by atoms with E-state index in [4.69, 9.17) is 18.9 Å². The molecule has 2 aliphatic rings. The van der Waals surface area contributed by atoms with Crippen LogP contribution in [0, 0.1) is 0 Å². The van der Waals surface area contributed by atoms with Gasteiger partial charge in [-0.15, -0.1) is 0 Å². The lowest BCUT2D eigenvalue weighted by atomic mass is 9.94. The van der Waals surface area contributed by atoms with Gasteiger partial charge >= 0.3 is 12.0 Å². The van der Waals surface area contributed by atoms with Crippen LogP contribution in [0.25, 0.3) is 0 Å². The quantitative estimate of drug-likeness (QED) is 0.695. The Morgan fingerprint density at radius 1 is 1.36 bits per heavy atom. The van der Waals surface area contributed by atoms with Crippen LogP contribution in [0.15, 0.2) is 29.5 Å². The number of amides is 2. The predicted molar refractivity (Wildman–Crippen MR) is 101 cm³/mol. The Morgan fingerprint density at radius 2 is 2.18 bits per heavy atom. The fourth-order valence-corrected chi connectivity index (χ4v) is 3.44. The van der Waals surface area contributed by atoms with Crippen molar-refractivity contribution in [3.05, 3.63) is 35.0 Å². The van der Waals surface area contributed by atoms with Gasteiger partial charge in [0.25, 0.3) is 0 Å². The van der Waals surface area contributed by atoms with Crippen LogP contribution in [-0.4, -0.2) is 45.0 Å². The van der Waals surface area contributed by atoms with Crippen molar-refractivity contribution < 1.29 is 28.5 Å². The molecule has 2 atom stereocenters. The number of nitrogens with one attached hydrogen (secondary N) is 2. The Hall–Kier alpha value is -2.74. The molecule has 2 amide bonds. The third-order valence-electron chi connectivity index (χ3n) is 4.74. The first-order valence-electron chi connectivity index (χ1n) is 9.41. The van der Waals surface area contributed by atoms with E-state index >= 15 is 0 Å². The molecule has 1 saturated heterocycles. The van der Waals surface area contributed by atoms with Crippen LogP contribution in [-0.2, 0) is 14.3 Å². The second kappa shape index (κ2) is 8.97. The minimum absolute atomic E-state index is 0.0785. The molecule has 28 heavy (non-hydrogen) atoms. The largest absolute Gasteiger partial charge is 0.493 e. The molecule has 3 rings (SSSR count). The second-order valence-electron chi connectivity index (χ2n) is 6.62. The molecule has 0 saturated carbocycles. The van der Waals surface area contributed by atoms with E-state index in [0.29, 0.717) is 41.5 Å². The van der Waals surface area contributed by atoms with Gasteiger partial charge in [-0.1, -0.05) is 12.1 Å². The lowest BCUT2D eigenvalue weighted by Crippen LogP contribution is -2.45. The molecule has 8 heteroatoms. The molecule has 1 aromatic carbocycles. The number of methoxy groups -OCH3 is 1. The van der Waals surface area contributed by atoms with Crippen LogP contribution < -0.4 is 20.1 Å². The number of carbonyl (C=O) groups is 2. The Kier molecular flexibility index (Phi) is 6.41. The number of para-hydroxylation sites is 1. The lowest BCUT2D eigenvalue weighted by molar-refractivity contribution is -0.142. The summed E-state index contributed by atoms with van der Waals surface area (Å²) in [5.41, 5.74) is 1.39. The number of hydrogen-bond acceptors (Lipinski definition) is 6. The van der Waals surface area contributed by atoms with Gasteiger partial charge in [-0.25, -0.2) is 9.59 Å². The number of esters is 1. The molecule has 0 unspecified atom stereocenters. The number of allylic oxidation sites excluding steroid dienone is 1. The zero-order chi connectivity index (χ0) is 20.1. The zero-order valence-electron chi connectivity index (χ0n) is 16.4. The number of urea groups is 1. The van der Waals surface area contributed by atoms with Gasteiger partial charge in [-0.05, 0) is 32.8 Å². The molecule has 1 aromatic rings. The van der Waals surface area contributed by atoms with Gasteiger partial charge in [-0.2, -0.15) is 0 Å². The molecule has 0 bridgehead atoms. The average molecular weight is 390 g/mol. The summed E-state index contributed by atoms with van der Waals surface area (Å²) >= 11 is 0. The molecular formula is C20H26N2O6. The van der Waals surface area contributed by atoms with Crippen molar-refractivity contribution in [3.63, 3.8) is 0 Å². The van der Waals surface area contributed by atoms with Gasteiger partial charge in [0, 0.05) is 17.9 Å². The van der Waals surface area contributed by atoms with E-state index < -0.39 is 18.0 Å².